The van der Waals surface area contributed by atoms with Gasteiger partial charge in [0.25, 0.3) is 0 Å². The fourth-order valence-electron chi connectivity index (χ4n) is 1.51. The summed E-state index contributed by atoms with van der Waals surface area (Å²) in [6, 6.07) is 5.07. The van der Waals surface area contributed by atoms with Gasteiger partial charge in [-0.1, -0.05) is 11.2 Å². The first kappa shape index (κ1) is 15.8. The van der Waals surface area contributed by atoms with Gasteiger partial charge in [-0.3, -0.25) is 0 Å². The molecule has 7 heteroatoms. The Morgan fingerprint density at radius 1 is 1.30 bits per heavy atom. The average Bonchev–Trinajstić information content (AvgIpc) is 2.50. The summed E-state index contributed by atoms with van der Waals surface area (Å²) in [5.74, 6) is 0.359. The number of hydrogen-bond acceptors (Lipinski definition) is 7. The number of oxime groups is 1. The molecule has 0 saturated heterocycles. The van der Waals surface area contributed by atoms with Crippen molar-refractivity contribution in [2.45, 2.75) is 6.42 Å². The molecule has 1 N–H and O–H groups in total. The van der Waals surface area contributed by atoms with Crippen LogP contribution in [0.25, 0.3) is 0 Å². The van der Waals surface area contributed by atoms with Crippen LogP contribution in [0.1, 0.15) is 5.56 Å². The molecule has 110 valence electrons. The third-order valence-electron chi connectivity index (χ3n) is 2.51. The quantitative estimate of drug-likeness (QED) is 0.266. The molecular formula is C13H17NO6. The van der Waals surface area contributed by atoms with Crippen LogP contribution in [0.4, 0.5) is 0 Å². The molecule has 7 nitrogen and oxygen atoms in total. The molecule has 1 rings (SSSR count). The van der Waals surface area contributed by atoms with Gasteiger partial charge in [0, 0.05) is 25.2 Å². The second kappa shape index (κ2) is 8.00. The summed E-state index contributed by atoms with van der Waals surface area (Å²) >= 11 is 0. The molecule has 0 spiro atoms. The van der Waals surface area contributed by atoms with E-state index in [4.69, 9.17) is 19.4 Å². The molecule has 1 aromatic rings. The minimum absolute atomic E-state index is 0.0456. The van der Waals surface area contributed by atoms with Crippen LogP contribution in [0.3, 0.4) is 0 Å². The number of rotatable bonds is 7. The van der Waals surface area contributed by atoms with Crippen LogP contribution in [0.15, 0.2) is 23.4 Å². The van der Waals surface area contributed by atoms with Crippen LogP contribution >= 0.6 is 0 Å². The van der Waals surface area contributed by atoms with Crippen LogP contribution in [0, 0.1) is 0 Å². The molecule has 0 aliphatic heterocycles. The zero-order valence-electron chi connectivity index (χ0n) is 11.6. The smallest absolute Gasteiger partial charge is 0.356 e. The molecule has 0 heterocycles. The molecule has 0 unspecified atom stereocenters. The number of carbonyl (C=O) groups excluding carboxylic acids is 1. The molecule has 20 heavy (non-hydrogen) atoms. The van der Waals surface area contributed by atoms with Crippen molar-refractivity contribution in [2.24, 2.45) is 5.16 Å². The third-order valence-corrected chi connectivity index (χ3v) is 2.51. The van der Waals surface area contributed by atoms with Gasteiger partial charge in [0.2, 0.25) is 0 Å². The van der Waals surface area contributed by atoms with Gasteiger partial charge in [-0.2, -0.15) is 0 Å². The predicted octanol–water partition coefficient (Wildman–Crippen LogP) is 1.22. The van der Waals surface area contributed by atoms with Gasteiger partial charge >= 0.3 is 5.97 Å². The van der Waals surface area contributed by atoms with Gasteiger partial charge in [0.05, 0.1) is 14.2 Å². The molecule has 0 fully saturated rings. The molecule has 0 aliphatic rings. The van der Waals surface area contributed by atoms with E-state index in [9.17, 15) is 4.79 Å². The summed E-state index contributed by atoms with van der Waals surface area (Å²) in [7, 11) is 4.24. The van der Waals surface area contributed by atoms with E-state index < -0.39 is 5.97 Å². The second-order valence-electron chi connectivity index (χ2n) is 3.74. The third kappa shape index (κ3) is 4.13. The Labute approximate surface area is 116 Å². The number of esters is 1. The average molecular weight is 283 g/mol. The lowest BCUT2D eigenvalue weighted by atomic mass is 10.1. The van der Waals surface area contributed by atoms with E-state index in [-0.39, 0.29) is 18.9 Å². The Balaban J connectivity index is 3.00. The fourth-order valence-corrected chi connectivity index (χ4v) is 1.51. The molecule has 1 aromatic carbocycles. The van der Waals surface area contributed by atoms with Crippen molar-refractivity contribution < 1.29 is 28.9 Å². The zero-order valence-corrected chi connectivity index (χ0v) is 11.6. The number of carbonyl (C=O) groups is 1. The number of nitrogens with zero attached hydrogens (tertiary/aromatic N) is 1. The number of hydrogen-bond donors (Lipinski definition) is 1. The predicted molar refractivity (Wildman–Crippen MR) is 70.4 cm³/mol. The minimum atomic E-state index is -0.707. The van der Waals surface area contributed by atoms with Crippen molar-refractivity contribution in [3.05, 3.63) is 23.8 Å². The lowest BCUT2D eigenvalue weighted by Crippen LogP contribution is -2.19. The maximum absolute atomic E-state index is 11.4. The summed E-state index contributed by atoms with van der Waals surface area (Å²) in [6.45, 7) is 0.0456. The van der Waals surface area contributed by atoms with Gasteiger partial charge in [-0.05, 0) is 6.07 Å². The number of benzene rings is 1. The molecule has 0 saturated carbocycles. The van der Waals surface area contributed by atoms with Gasteiger partial charge in [0.15, 0.2) is 12.5 Å². The Morgan fingerprint density at radius 2 is 2.05 bits per heavy atom. The van der Waals surface area contributed by atoms with Crippen LogP contribution in [-0.2, 0) is 20.7 Å². The Morgan fingerprint density at radius 3 is 2.60 bits per heavy atom. The summed E-state index contributed by atoms with van der Waals surface area (Å²) in [6.07, 6.45) is 0.0617. The van der Waals surface area contributed by atoms with E-state index in [1.165, 1.54) is 21.3 Å². The first-order chi connectivity index (χ1) is 9.65. The van der Waals surface area contributed by atoms with E-state index in [0.717, 1.165) is 0 Å². The Kier molecular flexibility index (Phi) is 6.31. The number of methoxy groups -OCH3 is 3. The molecule has 0 atom stereocenters. The maximum Gasteiger partial charge on any atom is 0.356 e. The Bertz CT molecular complexity index is 486. The lowest BCUT2D eigenvalue weighted by Gasteiger charge is -2.12. The van der Waals surface area contributed by atoms with Crippen molar-refractivity contribution in [1.29, 1.82) is 0 Å². The molecule has 0 amide bonds. The Hall–Kier alpha value is -2.28. The summed E-state index contributed by atoms with van der Waals surface area (Å²) < 4.78 is 19.9. The minimum Gasteiger partial charge on any atom is -0.497 e. The second-order valence-corrected chi connectivity index (χ2v) is 3.74. The summed E-state index contributed by atoms with van der Waals surface area (Å²) in [4.78, 5) is 11.4. The van der Waals surface area contributed by atoms with Crippen molar-refractivity contribution in [1.82, 2.24) is 0 Å². The van der Waals surface area contributed by atoms with Crippen LogP contribution in [0.5, 0.6) is 11.5 Å². The maximum atomic E-state index is 11.4. The standard InChI is InChI=1S/C13H17NO6/c1-17-8-20-12-7-10(18-2)5-4-9(12)6-11(14-16)13(15)19-3/h4-5,7,16H,6,8H2,1-3H3/b14-11-. The highest BCUT2D eigenvalue weighted by Crippen LogP contribution is 2.25. The number of ether oxygens (including phenoxy) is 4. The van der Waals surface area contributed by atoms with E-state index in [0.29, 0.717) is 17.1 Å². The van der Waals surface area contributed by atoms with Gasteiger partial charge in [0.1, 0.15) is 11.5 Å². The fraction of sp³-hybridized carbons (Fsp3) is 0.385. The van der Waals surface area contributed by atoms with Crippen molar-refractivity contribution in [2.75, 3.05) is 28.1 Å². The summed E-state index contributed by atoms with van der Waals surface area (Å²) in [5, 5.41) is 11.8. The molecule has 0 bridgehead atoms. The van der Waals surface area contributed by atoms with Crippen molar-refractivity contribution in [3.8, 4) is 11.5 Å². The van der Waals surface area contributed by atoms with Crippen LogP contribution in [-0.4, -0.2) is 45.0 Å². The molecule has 0 aromatic heterocycles. The van der Waals surface area contributed by atoms with E-state index in [1.807, 2.05) is 0 Å². The highest BCUT2D eigenvalue weighted by atomic mass is 16.7. The van der Waals surface area contributed by atoms with E-state index >= 15 is 0 Å². The monoisotopic (exact) mass is 283 g/mol. The lowest BCUT2D eigenvalue weighted by molar-refractivity contribution is -0.132. The normalized spacial score (nSPS) is 11.1. The largest absolute Gasteiger partial charge is 0.497 e. The van der Waals surface area contributed by atoms with Crippen molar-refractivity contribution >= 4 is 11.7 Å². The van der Waals surface area contributed by atoms with Gasteiger partial charge in [-0.25, -0.2) is 4.79 Å². The van der Waals surface area contributed by atoms with Gasteiger partial charge in [-0.15, -0.1) is 0 Å². The first-order valence-corrected chi connectivity index (χ1v) is 5.74. The highest BCUT2D eigenvalue weighted by Gasteiger charge is 2.16. The van der Waals surface area contributed by atoms with Crippen molar-refractivity contribution in [3.63, 3.8) is 0 Å². The van der Waals surface area contributed by atoms with Gasteiger partial charge < -0.3 is 24.2 Å². The summed E-state index contributed by atoms with van der Waals surface area (Å²) in [5.41, 5.74) is 0.515. The molecule has 0 aliphatic carbocycles. The van der Waals surface area contributed by atoms with Crippen LogP contribution in [0.2, 0.25) is 0 Å². The van der Waals surface area contributed by atoms with E-state index in [2.05, 4.69) is 9.89 Å². The zero-order chi connectivity index (χ0) is 15.0. The van der Waals surface area contributed by atoms with Crippen LogP contribution < -0.4 is 9.47 Å². The topological polar surface area (TPSA) is 86.6 Å². The first-order valence-electron chi connectivity index (χ1n) is 5.74. The van der Waals surface area contributed by atoms with E-state index in [1.54, 1.807) is 18.2 Å². The molecular weight excluding hydrogens is 266 g/mol. The molecule has 0 radical (unpaired) electrons. The highest BCUT2D eigenvalue weighted by molar-refractivity contribution is 6.36. The SMILES string of the molecule is COCOc1cc(OC)ccc1C/C(=N/O)C(=O)OC.